The van der Waals surface area contributed by atoms with Gasteiger partial charge in [-0.05, 0) is 30.2 Å². The molecular weight excluding hydrogens is 226 g/mol. The standard InChI is InChI=1S/C14H17N3O/c1-14(2,3)13-16-12(18-17-13)10-4-5-11-9(8-10)6-7-15-11/h4-5,8,15H,6-7H2,1-3H3. The zero-order valence-electron chi connectivity index (χ0n) is 10.9. The molecule has 94 valence electrons. The van der Waals surface area contributed by atoms with Crippen LogP contribution >= 0.6 is 0 Å². The molecule has 2 heterocycles. The molecule has 0 unspecified atom stereocenters. The minimum atomic E-state index is -0.0833. The van der Waals surface area contributed by atoms with E-state index in [-0.39, 0.29) is 5.41 Å². The van der Waals surface area contributed by atoms with E-state index in [0.717, 1.165) is 24.4 Å². The van der Waals surface area contributed by atoms with E-state index in [0.29, 0.717) is 5.89 Å². The molecule has 0 saturated carbocycles. The summed E-state index contributed by atoms with van der Waals surface area (Å²) >= 11 is 0. The van der Waals surface area contributed by atoms with Crippen molar-refractivity contribution in [3.63, 3.8) is 0 Å². The lowest BCUT2D eigenvalue weighted by Gasteiger charge is -2.10. The lowest BCUT2D eigenvalue weighted by Crippen LogP contribution is -2.13. The Bertz CT molecular complexity index is 581. The first kappa shape index (κ1) is 11.3. The van der Waals surface area contributed by atoms with Crippen LogP contribution in [0.25, 0.3) is 11.5 Å². The number of benzene rings is 1. The van der Waals surface area contributed by atoms with Gasteiger partial charge in [-0.2, -0.15) is 4.98 Å². The molecule has 3 rings (SSSR count). The molecule has 1 N–H and O–H groups in total. The fourth-order valence-corrected chi connectivity index (χ4v) is 2.08. The molecule has 1 aromatic carbocycles. The smallest absolute Gasteiger partial charge is 0.257 e. The highest BCUT2D eigenvalue weighted by molar-refractivity contribution is 5.65. The number of aromatic nitrogens is 2. The fourth-order valence-electron chi connectivity index (χ4n) is 2.08. The van der Waals surface area contributed by atoms with Crippen LogP contribution in [0, 0.1) is 0 Å². The molecule has 4 heteroatoms. The van der Waals surface area contributed by atoms with Crippen molar-refractivity contribution in [3.8, 4) is 11.5 Å². The highest BCUT2D eigenvalue weighted by Crippen LogP contribution is 2.29. The van der Waals surface area contributed by atoms with Gasteiger partial charge < -0.3 is 9.84 Å². The van der Waals surface area contributed by atoms with Crippen LogP contribution in [0.1, 0.15) is 32.2 Å². The second-order valence-corrected chi connectivity index (χ2v) is 5.72. The highest BCUT2D eigenvalue weighted by Gasteiger charge is 2.22. The number of hydrogen-bond donors (Lipinski definition) is 1. The van der Waals surface area contributed by atoms with E-state index in [2.05, 4.69) is 48.4 Å². The molecule has 1 aliphatic rings. The Labute approximate surface area is 106 Å². The van der Waals surface area contributed by atoms with Crippen LogP contribution < -0.4 is 5.32 Å². The molecule has 1 aromatic heterocycles. The van der Waals surface area contributed by atoms with Gasteiger partial charge >= 0.3 is 0 Å². The van der Waals surface area contributed by atoms with Crippen molar-refractivity contribution in [1.82, 2.24) is 10.1 Å². The van der Waals surface area contributed by atoms with Crippen LogP contribution in [0.2, 0.25) is 0 Å². The van der Waals surface area contributed by atoms with Crippen LogP contribution in [0.5, 0.6) is 0 Å². The second-order valence-electron chi connectivity index (χ2n) is 5.72. The summed E-state index contributed by atoms with van der Waals surface area (Å²) in [6, 6.07) is 6.24. The summed E-state index contributed by atoms with van der Waals surface area (Å²) in [5, 5.41) is 7.40. The zero-order chi connectivity index (χ0) is 12.8. The summed E-state index contributed by atoms with van der Waals surface area (Å²) in [6.45, 7) is 7.24. The number of rotatable bonds is 1. The summed E-state index contributed by atoms with van der Waals surface area (Å²) < 4.78 is 5.36. The van der Waals surface area contributed by atoms with Crippen molar-refractivity contribution in [3.05, 3.63) is 29.6 Å². The molecule has 2 aromatic rings. The van der Waals surface area contributed by atoms with Crippen molar-refractivity contribution in [1.29, 1.82) is 0 Å². The van der Waals surface area contributed by atoms with E-state index in [1.807, 2.05) is 6.07 Å². The van der Waals surface area contributed by atoms with Crippen LogP contribution in [-0.2, 0) is 11.8 Å². The largest absolute Gasteiger partial charge is 0.384 e. The maximum atomic E-state index is 5.36. The molecule has 4 nitrogen and oxygen atoms in total. The Balaban J connectivity index is 1.98. The second kappa shape index (κ2) is 3.83. The van der Waals surface area contributed by atoms with Crippen LogP contribution in [0.3, 0.4) is 0 Å². The van der Waals surface area contributed by atoms with Gasteiger partial charge in [-0.1, -0.05) is 25.9 Å². The topological polar surface area (TPSA) is 51.0 Å². The number of nitrogens with zero attached hydrogens (tertiary/aromatic N) is 2. The van der Waals surface area contributed by atoms with Crippen LogP contribution in [0.4, 0.5) is 5.69 Å². The van der Waals surface area contributed by atoms with Gasteiger partial charge in [0.15, 0.2) is 5.82 Å². The monoisotopic (exact) mass is 243 g/mol. The summed E-state index contributed by atoms with van der Waals surface area (Å²) in [7, 11) is 0. The Morgan fingerprint density at radius 2 is 2.11 bits per heavy atom. The minimum absolute atomic E-state index is 0.0833. The van der Waals surface area contributed by atoms with Gasteiger partial charge in [-0.3, -0.25) is 0 Å². The maximum absolute atomic E-state index is 5.36. The Morgan fingerprint density at radius 3 is 2.83 bits per heavy atom. The van der Waals surface area contributed by atoms with Gasteiger partial charge in [-0.25, -0.2) is 0 Å². The van der Waals surface area contributed by atoms with Gasteiger partial charge in [0.1, 0.15) is 0 Å². The number of nitrogens with one attached hydrogen (secondary N) is 1. The predicted octanol–water partition coefficient (Wildman–Crippen LogP) is 3.00. The number of fused-ring (bicyclic) bond motifs is 1. The molecule has 0 radical (unpaired) electrons. The van der Waals surface area contributed by atoms with Crippen LogP contribution in [0.15, 0.2) is 22.7 Å². The quantitative estimate of drug-likeness (QED) is 0.836. The van der Waals surface area contributed by atoms with Gasteiger partial charge in [0.25, 0.3) is 5.89 Å². The average Bonchev–Trinajstić information content (AvgIpc) is 2.96. The van der Waals surface area contributed by atoms with Gasteiger partial charge in [-0.15, -0.1) is 0 Å². The number of hydrogen-bond acceptors (Lipinski definition) is 4. The Hall–Kier alpha value is -1.84. The summed E-state index contributed by atoms with van der Waals surface area (Å²) in [5.41, 5.74) is 3.46. The van der Waals surface area contributed by atoms with Crippen molar-refractivity contribution >= 4 is 5.69 Å². The molecule has 0 spiro atoms. The predicted molar refractivity (Wildman–Crippen MR) is 70.6 cm³/mol. The molecule has 0 amide bonds. The fraction of sp³-hybridized carbons (Fsp3) is 0.429. The third kappa shape index (κ3) is 1.88. The third-order valence-electron chi connectivity index (χ3n) is 3.16. The molecule has 0 atom stereocenters. The van der Waals surface area contributed by atoms with Crippen LogP contribution in [-0.4, -0.2) is 16.7 Å². The lowest BCUT2D eigenvalue weighted by molar-refractivity contribution is 0.402. The molecule has 0 bridgehead atoms. The first-order valence-corrected chi connectivity index (χ1v) is 6.25. The number of anilines is 1. The first-order chi connectivity index (χ1) is 8.54. The Kier molecular flexibility index (Phi) is 2.40. The van der Waals surface area contributed by atoms with E-state index in [4.69, 9.17) is 4.52 Å². The van der Waals surface area contributed by atoms with E-state index in [1.165, 1.54) is 11.3 Å². The summed E-state index contributed by atoms with van der Waals surface area (Å²) in [6.07, 6.45) is 1.06. The summed E-state index contributed by atoms with van der Waals surface area (Å²) in [5.74, 6) is 1.35. The Morgan fingerprint density at radius 1 is 1.28 bits per heavy atom. The van der Waals surface area contributed by atoms with Crippen molar-refractivity contribution in [2.24, 2.45) is 0 Å². The van der Waals surface area contributed by atoms with Gasteiger partial charge in [0.05, 0.1) is 0 Å². The van der Waals surface area contributed by atoms with Gasteiger partial charge in [0.2, 0.25) is 0 Å². The zero-order valence-corrected chi connectivity index (χ0v) is 10.9. The SMILES string of the molecule is CC(C)(C)c1noc(-c2ccc3c(c2)CCN3)n1. The third-order valence-corrected chi connectivity index (χ3v) is 3.16. The molecule has 1 aliphatic heterocycles. The molecule has 0 saturated heterocycles. The van der Waals surface area contributed by atoms with Crippen molar-refractivity contribution in [2.45, 2.75) is 32.6 Å². The van der Waals surface area contributed by atoms with E-state index >= 15 is 0 Å². The van der Waals surface area contributed by atoms with E-state index in [1.54, 1.807) is 0 Å². The minimum Gasteiger partial charge on any atom is -0.384 e. The van der Waals surface area contributed by atoms with Crippen molar-refractivity contribution in [2.75, 3.05) is 11.9 Å². The molecular formula is C14H17N3O. The van der Waals surface area contributed by atoms with Crippen molar-refractivity contribution < 1.29 is 4.52 Å². The molecule has 18 heavy (non-hydrogen) atoms. The van der Waals surface area contributed by atoms with E-state index in [9.17, 15) is 0 Å². The lowest BCUT2D eigenvalue weighted by atomic mass is 9.96. The molecule has 0 fully saturated rings. The summed E-state index contributed by atoms with van der Waals surface area (Å²) in [4.78, 5) is 4.48. The molecule has 0 aliphatic carbocycles. The normalized spacial score (nSPS) is 14.4. The maximum Gasteiger partial charge on any atom is 0.257 e. The average molecular weight is 243 g/mol. The highest BCUT2D eigenvalue weighted by atomic mass is 16.5. The first-order valence-electron chi connectivity index (χ1n) is 6.25. The van der Waals surface area contributed by atoms with E-state index < -0.39 is 0 Å². The van der Waals surface area contributed by atoms with Gasteiger partial charge in [0, 0.05) is 23.2 Å².